The van der Waals surface area contributed by atoms with Crippen molar-refractivity contribution >= 4 is 34.1 Å². The maximum atomic E-state index is 11.9. The van der Waals surface area contributed by atoms with Gasteiger partial charge in [0.1, 0.15) is 5.00 Å². The van der Waals surface area contributed by atoms with E-state index in [1.807, 2.05) is 0 Å². The molecule has 102 valence electrons. The molecule has 0 radical (unpaired) electrons. The molecule has 0 aliphatic heterocycles. The number of rotatable bonds is 6. The highest BCUT2D eigenvalue weighted by Crippen LogP contribution is 2.25. The van der Waals surface area contributed by atoms with Crippen LogP contribution in [0.4, 0.5) is 5.00 Å². The fourth-order valence-corrected chi connectivity index (χ4v) is 2.29. The first-order chi connectivity index (χ1) is 9.06. The number of carboxylic acid groups (broad SMARTS) is 1. The van der Waals surface area contributed by atoms with E-state index in [2.05, 4.69) is 10.6 Å². The van der Waals surface area contributed by atoms with Crippen LogP contribution in [0.25, 0.3) is 0 Å². The van der Waals surface area contributed by atoms with Crippen LogP contribution in [0.15, 0.2) is 11.4 Å². The Kier molecular flexibility index (Phi) is 4.16. The second-order valence-corrected chi connectivity index (χ2v) is 5.27. The van der Waals surface area contributed by atoms with Crippen LogP contribution < -0.4 is 10.6 Å². The number of carbonyl (C=O) groups excluding carboxylic acids is 2. The van der Waals surface area contributed by atoms with Crippen LogP contribution in [0.5, 0.6) is 0 Å². The SMILES string of the molecule is O=C(O)CCC(=O)Nc1sccc1C(=O)NC1CC1. The molecule has 3 N–H and O–H groups in total. The molecule has 0 spiro atoms. The molecule has 0 saturated heterocycles. The number of anilines is 1. The van der Waals surface area contributed by atoms with E-state index in [0.29, 0.717) is 10.6 Å². The summed E-state index contributed by atoms with van der Waals surface area (Å²) in [4.78, 5) is 33.8. The molecule has 2 rings (SSSR count). The summed E-state index contributed by atoms with van der Waals surface area (Å²) in [6.07, 6.45) is 1.67. The highest BCUT2D eigenvalue weighted by Gasteiger charge is 2.25. The summed E-state index contributed by atoms with van der Waals surface area (Å²) in [5.41, 5.74) is 0.431. The Balaban J connectivity index is 1.92. The van der Waals surface area contributed by atoms with Crippen LogP contribution in [0.1, 0.15) is 36.0 Å². The van der Waals surface area contributed by atoms with Crippen molar-refractivity contribution in [2.75, 3.05) is 5.32 Å². The molecule has 0 bridgehead atoms. The van der Waals surface area contributed by atoms with Gasteiger partial charge < -0.3 is 15.7 Å². The third-order valence-corrected chi connectivity index (χ3v) is 3.47. The van der Waals surface area contributed by atoms with Gasteiger partial charge in [-0.25, -0.2) is 0 Å². The molecule has 1 aromatic rings. The van der Waals surface area contributed by atoms with E-state index in [1.54, 1.807) is 11.4 Å². The highest BCUT2D eigenvalue weighted by molar-refractivity contribution is 7.14. The number of hydrogen-bond donors (Lipinski definition) is 3. The van der Waals surface area contributed by atoms with Gasteiger partial charge in [-0.3, -0.25) is 14.4 Å². The summed E-state index contributed by atoms with van der Waals surface area (Å²) in [6, 6.07) is 1.90. The predicted molar refractivity (Wildman–Crippen MR) is 70.3 cm³/mol. The Hall–Kier alpha value is -1.89. The van der Waals surface area contributed by atoms with Crippen molar-refractivity contribution in [1.82, 2.24) is 5.32 Å². The summed E-state index contributed by atoms with van der Waals surface area (Å²) in [7, 11) is 0. The monoisotopic (exact) mass is 282 g/mol. The van der Waals surface area contributed by atoms with Crippen molar-refractivity contribution < 1.29 is 19.5 Å². The minimum atomic E-state index is -1.02. The van der Waals surface area contributed by atoms with E-state index in [9.17, 15) is 14.4 Å². The lowest BCUT2D eigenvalue weighted by atomic mass is 10.2. The Bertz CT molecular complexity index is 508. The average Bonchev–Trinajstić information content (AvgIpc) is 3.03. The van der Waals surface area contributed by atoms with Gasteiger partial charge in [0.25, 0.3) is 5.91 Å². The van der Waals surface area contributed by atoms with Crippen LogP contribution in [0.2, 0.25) is 0 Å². The second-order valence-electron chi connectivity index (χ2n) is 4.35. The highest BCUT2D eigenvalue weighted by atomic mass is 32.1. The minimum Gasteiger partial charge on any atom is -0.481 e. The first-order valence-electron chi connectivity index (χ1n) is 5.96. The van der Waals surface area contributed by atoms with Crippen molar-refractivity contribution in [3.63, 3.8) is 0 Å². The van der Waals surface area contributed by atoms with E-state index in [4.69, 9.17) is 5.11 Å². The van der Waals surface area contributed by atoms with Gasteiger partial charge in [-0.1, -0.05) is 0 Å². The quantitative estimate of drug-likeness (QED) is 0.735. The third kappa shape index (κ3) is 4.06. The van der Waals surface area contributed by atoms with Gasteiger partial charge in [0.15, 0.2) is 0 Å². The van der Waals surface area contributed by atoms with Gasteiger partial charge in [0.05, 0.1) is 12.0 Å². The Morgan fingerprint density at radius 1 is 1.32 bits per heavy atom. The number of nitrogens with one attached hydrogen (secondary N) is 2. The van der Waals surface area contributed by atoms with E-state index < -0.39 is 11.9 Å². The van der Waals surface area contributed by atoms with Crippen LogP contribution in [0.3, 0.4) is 0 Å². The Morgan fingerprint density at radius 2 is 2.05 bits per heavy atom. The van der Waals surface area contributed by atoms with Crippen LogP contribution in [-0.2, 0) is 9.59 Å². The average molecular weight is 282 g/mol. The first-order valence-corrected chi connectivity index (χ1v) is 6.84. The van der Waals surface area contributed by atoms with Crippen molar-refractivity contribution in [2.45, 2.75) is 31.7 Å². The van der Waals surface area contributed by atoms with Gasteiger partial charge in [-0.2, -0.15) is 0 Å². The van der Waals surface area contributed by atoms with Crippen molar-refractivity contribution in [2.24, 2.45) is 0 Å². The minimum absolute atomic E-state index is 0.100. The standard InChI is InChI=1S/C12H14N2O4S/c15-9(3-4-10(16)17)14-12-8(5-6-19-12)11(18)13-7-1-2-7/h5-7H,1-4H2,(H,13,18)(H,14,15)(H,16,17). The second kappa shape index (κ2) is 5.83. The van der Waals surface area contributed by atoms with Crippen LogP contribution in [-0.4, -0.2) is 28.9 Å². The van der Waals surface area contributed by atoms with Gasteiger partial charge in [-0.15, -0.1) is 11.3 Å². The molecule has 2 amide bonds. The number of carboxylic acids is 1. The molecule has 1 aliphatic rings. The summed E-state index contributed by atoms with van der Waals surface area (Å²) >= 11 is 1.25. The zero-order valence-electron chi connectivity index (χ0n) is 10.1. The lowest BCUT2D eigenvalue weighted by molar-refractivity contribution is -0.138. The molecule has 0 atom stereocenters. The molecule has 7 heteroatoms. The number of hydrogen-bond acceptors (Lipinski definition) is 4. The summed E-state index contributed by atoms with van der Waals surface area (Å²) in [5.74, 6) is -1.62. The molecule has 1 heterocycles. The van der Waals surface area contributed by atoms with Gasteiger partial charge in [0, 0.05) is 12.5 Å². The zero-order valence-corrected chi connectivity index (χ0v) is 11.0. The van der Waals surface area contributed by atoms with Crippen LogP contribution in [0, 0.1) is 0 Å². The maximum absolute atomic E-state index is 11.9. The number of thiophene rings is 1. The fourth-order valence-electron chi connectivity index (χ4n) is 1.49. The normalized spacial score (nSPS) is 13.9. The van der Waals surface area contributed by atoms with E-state index in [0.717, 1.165) is 12.8 Å². The fraction of sp³-hybridized carbons (Fsp3) is 0.417. The van der Waals surface area contributed by atoms with Gasteiger partial charge in [0.2, 0.25) is 5.91 Å². The molecular weight excluding hydrogens is 268 g/mol. The maximum Gasteiger partial charge on any atom is 0.303 e. The number of aliphatic carboxylic acids is 1. The largest absolute Gasteiger partial charge is 0.481 e. The molecule has 1 aliphatic carbocycles. The van der Waals surface area contributed by atoms with E-state index in [1.165, 1.54) is 11.3 Å². The lowest BCUT2D eigenvalue weighted by Crippen LogP contribution is -2.26. The predicted octanol–water partition coefficient (Wildman–Crippen LogP) is 1.44. The Morgan fingerprint density at radius 3 is 2.68 bits per heavy atom. The molecule has 1 aromatic heterocycles. The lowest BCUT2D eigenvalue weighted by Gasteiger charge is -2.06. The molecule has 19 heavy (non-hydrogen) atoms. The molecular formula is C12H14N2O4S. The van der Waals surface area contributed by atoms with Crippen molar-refractivity contribution in [1.29, 1.82) is 0 Å². The third-order valence-electron chi connectivity index (χ3n) is 2.64. The van der Waals surface area contributed by atoms with Gasteiger partial charge in [-0.05, 0) is 24.3 Å². The summed E-state index contributed by atoms with van der Waals surface area (Å²) in [6.45, 7) is 0. The molecule has 1 fully saturated rings. The molecule has 0 unspecified atom stereocenters. The number of carbonyl (C=O) groups is 3. The molecule has 6 nitrogen and oxygen atoms in total. The summed E-state index contributed by atoms with van der Waals surface area (Å²) in [5, 5.41) is 16.1. The molecule has 0 aromatic carbocycles. The smallest absolute Gasteiger partial charge is 0.303 e. The van der Waals surface area contributed by atoms with Crippen molar-refractivity contribution in [3.05, 3.63) is 17.0 Å². The van der Waals surface area contributed by atoms with Gasteiger partial charge >= 0.3 is 5.97 Å². The zero-order chi connectivity index (χ0) is 13.8. The van der Waals surface area contributed by atoms with Crippen molar-refractivity contribution in [3.8, 4) is 0 Å². The number of amides is 2. The Labute approximate surface area is 113 Å². The first kappa shape index (κ1) is 13.5. The topological polar surface area (TPSA) is 95.5 Å². The summed E-state index contributed by atoms with van der Waals surface area (Å²) < 4.78 is 0. The van der Waals surface area contributed by atoms with E-state index in [-0.39, 0.29) is 24.8 Å². The van der Waals surface area contributed by atoms with E-state index >= 15 is 0 Å². The molecule has 1 saturated carbocycles. The van der Waals surface area contributed by atoms with Crippen LogP contribution >= 0.6 is 11.3 Å².